The smallest absolute Gasteiger partial charge is 0.328 e. The van der Waals surface area contributed by atoms with Crippen LogP contribution < -0.4 is 10.2 Å². The number of para-hydroxylation sites is 2. The Kier molecular flexibility index (Phi) is 6.63. The second-order valence-electron chi connectivity index (χ2n) is 6.40. The number of aliphatic imine (C=N–C) groups is 1. The number of carboxylic acids is 2. The topological polar surface area (TPSA) is 105 Å². The van der Waals surface area contributed by atoms with Gasteiger partial charge in [-0.3, -0.25) is 0 Å². The van der Waals surface area contributed by atoms with Gasteiger partial charge in [-0.15, -0.1) is 11.3 Å². The van der Waals surface area contributed by atoms with Crippen LogP contribution in [0.5, 0.6) is 0 Å². The Morgan fingerprint density at radius 1 is 1.07 bits per heavy atom. The van der Waals surface area contributed by atoms with E-state index in [1.54, 1.807) is 11.3 Å². The SMILES string of the molecule is CN1c2ccccc2N=C(N2CCNCC2)c2cscc21.O=C(O)/C=C/C(=O)O. The van der Waals surface area contributed by atoms with Crippen molar-refractivity contribution in [2.24, 2.45) is 4.99 Å². The highest BCUT2D eigenvalue weighted by atomic mass is 32.1. The minimum Gasteiger partial charge on any atom is -0.478 e. The summed E-state index contributed by atoms with van der Waals surface area (Å²) in [5.74, 6) is -1.40. The number of anilines is 2. The van der Waals surface area contributed by atoms with E-state index in [0.29, 0.717) is 12.2 Å². The minimum absolute atomic E-state index is 0.558. The fraction of sp³-hybridized carbons (Fsp3) is 0.250. The molecule has 1 saturated heterocycles. The number of fused-ring (bicyclic) bond motifs is 2. The largest absolute Gasteiger partial charge is 0.478 e. The van der Waals surface area contributed by atoms with Gasteiger partial charge in [-0.1, -0.05) is 12.1 Å². The van der Waals surface area contributed by atoms with Crippen molar-refractivity contribution >= 4 is 46.2 Å². The van der Waals surface area contributed by atoms with E-state index in [9.17, 15) is 9.59 Å². The van der Waals surface area contributed by atoms with Gasteiger partial charge in [-0.2, -0.15) is 0 Å². The molecule has 0 aliphatic carbocycles. The lowest BCUT2D eigenvalue weighted by molar-refractivity contribution is -0.134. The molecule has 8 nitrogen and oxygen atoms in total. The average Bonchev–Trinajstić information content (AvgIpc) is 3.17. The zero-order valence-electron chi connectivity index (χ0n) is 15.9. The summed E-state index contributed by atoms with van der Waals surface area (Å²) in [5.41, 5.74) is 4.72. The van der Waals surface area contributed by atoms with E-state index in [-0.39, 0.29) is 0 Å². The normalized spacial score (nSPS) is 15.6. The number of carboxylic acid groups (broad SMARTS) is 2. The van der Waals surface area contributed by atoms with Crippen LogP contribution in [0.1, 0.15) is 5.56 Å². The van der Waals surface area contributed by atoms with Gasteiger partial charge in [0.25, 0.3) is 0 Å². The molecule has 9 heteroatoms. The fourth-order valence-corrected chi connectivity index (χ4v) is 3.97. The molecule has 29 heavy (non-hydrogen) atoms. The molecular weight excluding hydrogens is 392 g/mol. The molecule has 4 rings (SSSR count). The Morgan fingerprint density at radius 2 is 1.72 bits per heavy atom. The first-order valence-electron chi connectivity index (χ1n) is 9.05. The molecule has 1 aromatic heterocycles. The number of benzene rings is 1. The zero-order chi connectivity index (χ0) is 20.8. The van der Waals surface area contributed by atoms with Gasteiger partial charge in [0.1, 0.15) is 5.84 Å². The molecule has 0 amide bonds. The van der Waals surface area contributed by atoms with Crippen molar-refractivity contribution in [2.75, 3.05) is 38.1 Å². The van der Waals surface area contributed by atoms with Crippen molar-refractivity contribution < 1.29 is 19.8 Å². The molecule has 3 N–H and O–H groups in total. The van der Waals surface area contributed by atoms with Crippen LogP contribution in [0.2, 0.25) is 0 Å². The number of rotatable bonds is 2. The molecule has 0 unspecified atom stereocenters. The molecule has 152 valence electrons. The van der Waals surface area contributed by atoms with Crippen molar-refractivity contribution in [3.05, 3.63) is 52.7 Å². The van der Waals surface area contributed by atoms with Gasteiger partial charge in [0, 0.05) is 56.1 Å². The predicted octanol–water partition coefficient (Wildman–Crippen LogP) is 2.52. The van der Waals surface area contributed by atoms with E-state index in [4.69, 9.17) is 15.2 Å². The first-order valence-corrected chi connectivity index (χ1v) is 9.99. The maximum absolute atomic E-state index is 9.55. The number of amidine groups is 1. The summed E-state index contributed by atoms with van der Waals surface area (Å²) in [4.78, 5) is 28.8. The highest BCUT2D eigenvalue weighted by molar-refractivity contribution is 7.08. The summed E-state index contributed by atoms with van der Waals surface area (Å²) in [6.45, 7) is 4.08. The van der Waals surface area contributed by atoms with Gasteiger partial charge in [0.15, 0.2) is 0 Å². The summed E-state index contributed by atoms with van der Waals surface area (Å²) < 4.78 is 0. The minimum atomic E-state index is -1.26. The Labute approximate surface area is 172 Å². The molecule has 0 atom stereocenters. The quantitative estimate of drug-likeness (QED) is 0.649. The second-order valence-corrected chi connectivity index (χ2v) is 7.14. The molecule has 0 bridgehead atoms. The van der Waals surface area contributed by atoms with E-state index >= 15 is 0 Å². The maximum atomic E-state index is 9.55. The van der Waals surface area contributed by atoms with Gasteiger partial charge in [0.2, 0.25) is 0 Å². The predicted molar refractivity (Wildman–Crippen MR) is 114 cm³/mol. The third kappa shape index (κ3) is 5.01. The highest BCUT2D eigenvalue weighted by Crippen LogP contribution is 2.40. The number of nitrogens with one attached hydrogen (secondary N) is 1. The molecule has 3 heterocycles. The van der Waals surface area contributed by atoms with Crippen LogP contribution in [0.4, 0.5) is 17.1 Å². The number of nitrogens with zero attached hydrogens (tertiary/aromatic N) is 3. The van der Waals surface area contributed by atoms with E-state index in [0.717, 1.165) is 37.7 Å². The molecule has 2 aromatic rings. The van der Waals surface area contributed by atoms with E-state index in [1.165, 1.54) is 16.9 Å². The highest BCUT2D eigenvalue weighted by Gasteiger charge is 2.25. The molecular formula is C20H22N4O4S. The molecule has 1 fully saturated rings. The van der Waals surface area contributed by atoms with Crippen LogP contribution in [-0.4, -0.2) is 66.1 Å². The van der Waals surface area contributed by atoms with Crippen molar-refractivity contribution in [2.45, 2.75) is 0 Å². The lowest BCUT2D eigenvalue weighted by atomic mass is 10.2. The van der Waals surface area contributed by atoms with Crippen molar-refractivity contribution in [3.63, 3.8) is 0 Å². The van der Waals surface area contributed by atoms with E-state index < -0.39 is 11.9 Å². The summed E-state index contributed by atoms with van der Waals surface area (Å²) >= 11 is 1.75. The zero-order valence-corrected chi connectivity index (χ0v) is 16.7. The number of thiophene rings is 1. The summed E-state index contributed by atoms with van der Waals surface area (Å²) in [5, 5.41) is 23.5. The maximum Gasteiger partial charge on any atom is 0.328 e. The van der Waals surface area contributed by atoms with Crippen LogP contribution in [-0.2, 0) is 9.59 Å². The summed E-state index contributed by atoms with van der Waals surface area (Å²) in [6.07, 6.45) is 1.12. The van der Waals surface area contributed by atoms with Crippen LogP contribution in [0.25, 0.3) is 0 Å². The Hall–Kier alpha value is -3.17. The number of hydrogen-bond acceptors (Lipinski definition) is 7. The van der Waals surface area contributed by atoms with Gasteiger partial charge in [0.05, 0.1) is 22.6 Å². The van der Waals surface area contributed by atoms with Crippen molar-refractivity contribution in [1.82, 2.24) is 10.2 Å². The molecule has 0 spiro atoms. The molecule has 1 aromatic carbocycles. The fourth-order valence-electron chi connectivity index (χ4n) is 3.12. The van der Waals surface area contributed by atoms with Crippen LogP contribution in [0.15, 0.2) is 52.2 Å². The molecule has 2 aliphatic heterocycles. The lowest BCUT2D eigenvalue weighted by Gasteiger charge is -2.30. The molecule has 2 aliphatic rings. The third-order valence-electron chi connectivity index (χ3n) is 4.50. The number of carbonyl (C=O) groups is 2. The van der Waals surface area contributed by atoms with Crippen LogP contribution in [0.3, 0.4) is 0 Å². The Balaban J connectivity index is 0.000000258. The monoisotopic (exact) mass is 414 g/mol. The van der Waals surface area contributed by atoms with Crippen molar-refractivity contribution in [3.8, 4) is 0 Å². The number of piperazine rings is 1. The van der Waals surface area contributed by atoms with Crippen LogP contribution >= 0.6 is 11.3 Å². The first-order chi connectivity index (χ1) is 14.0. The number of hydrogen-bond donors (Lipinski definition) is 3. The Morgan fingerprint density at radius 3 is 2.38 bits per heavy atom. The standard InChI is InChI=1S/C16H18N4S.C4H4O4/c1-19-14-5-3-2-4-13(14)18-16(12-10-21-11-15(12)19)20-8-6-17-7-9-20;5-3(6)1-2-4(7)8/h2-5,10-11,17H,6-9H2,1H3;1-2H,(H,5,6)(H,7,8)/b;2-1+. The van der Waals surface area contributed by atoms with Gasteiger partial charge in [-0.25, -0.2) is 14.6 Å². The first kappa shape index (κ1) is 20.6. The van der Waals surface area contributed by atoms with Gasteiger partial charge < -0.3 is 25.3 Å². The third-order valence-corrected chi connectivity index (χ3v) is 5.23. The Bertz CT molecular complexity index is 931. The molecule has 0 saturated carbocycles. The van der Waals surface area contributed by atoms with Crippen LogP contribution in [0, 0.1) is 0 Å². The summed E-state index contributed by atoms with van der Waals surface area (Å²) in [6, 6.07) is 8.38. The lowest BCUT2D eigenvalue weighted by Crippen LogP contribution is -2.46. The van der Waals surface area contributed by atoms with E-state index in [1.807, 2.05) is 0 Å². The van der Waals surface area contributed by atoms with Crippen molar-refractivity contribution in [1.29, 1.82) is 0 Å². The number of aliphatic carboxylic acids is 2. The van der Waals surface area contributed by atoms with Gasteiger partial charge in [-0.05, 0) is 12.1 Å². The van der Waals surface area contributed by atoms with Gasteiger partial charge >= 0.3 is 11.9 Å². The summed E-state index contributed by atoms with van der Waals surface area (Å²) in [7, 11) is 2.13. The second kappa shape index (κ2) is 9.35. The average molecular weight is 414 g/mol. The molecule has 0 radical (unpaired) electrons. The van der Waals surface area contributed by atoms with E-state index in [2.05, 4.69) is 57.2 Å².